The van der Waals surface area contributed by atoms with E-state index in [-0.39, 0.29) is 16.8 Å². The van der Waals surface area contributed by atoms with E-state index < -0.39 is 17.5 Å². The number of aromatic carboxylic acids is 1. The second kappa shape index (κ2) is 4.45. The zero-order valence-electron chi connectivity index (χ0n) is 9.98. The summed E-state index contributed by atoms with van der Waals surface area (Å²) >= 11 is 0. The lowest BCUT2D eigenvalue weighted by atomic mass is 10.1. The highest BCUT2D eigenvalue weighted by Gasteiger charge is 2.22. The number of esters is 1. The molecule has 0 radical (unpaired) electrons. The Morgan fingerprint density at radius 3 is 2.24 bits per heavy atom. The van der Waals surface area contributed by atoms with Crippen LogP contribution in [-0.2, 0) is 4.74 Å². The number of carbonyl (C=O) groups excluding carboxylic acids is 1. The first-order chi connectivity index (χ1) is 7.72. The van der Waals surface area contributed by atoms with E-state index in [1.54, 1.807) is 20.8 Å². The van der Waals surface area contributed by atoms with Crippen LogP contribution in [0.4, 0.5) is 5.69 Å². The molecule has 1 rings (SSSR count). The molecule has 0 saturated carbocycles. The quantitative estimate of drug-likeness (QED) is 0.605. The third kappa shape index (κ3) is 3.21. The maximum atomic E-state index is 11.8. The molecule has 0 aromatic heterocycles. The van der Waals surface area contributed by atoms with Gasteiger partial charge in [0.15, 0.2) is 0 Å². The number of nitrogen functional groups attached to an aromatic ring is 1. The van der Waals surface area contributed by atoms with Crippen molar-refractivity contribution in [3.8, 4) is 0 Å². The first-order valence-corrected chi connectivity index (χ1v) is 5.07. The van der Waals surface area contributed by atoms with Crippen LogP contribution < -0.4 is 5.73 Å². The molecule has 5 nitrogen and oxygen atoms in total. The molecule has 1 aromatic rings. The van der Waals surface area contributed by atoms with Gasteiger partial charge in [0.25, 0.3) is 0 Å². The van der Waals surface area contributed by atoms with Gasteiger partial charge in [0.2, 0.25) is 0 Å². The fourth-order valence-corrected chi connectivity index (χ4v) is 1.26. The SMILES string of the molecule is CC(C)(C)OC(=O)c1cccc(C(=O)O)c1N. The molecule has 0 heterocycles. The average Bonchev–Trinajstić information content (AvgIpc) is 2.14. The minimum Gasteiger partial charge on any atom is -0.478 e. The van der Waals surface area contributed by atoms with Crippen molar-refractivity contribution < 1.29 is 19.4 Å². The largest absolute Gasteiger partial charge is 0.478 e. The molecular formula is C12H15NO4. The standard InChI is InChI=1S/C12H15NO4/c1-12(2,3)17-11(16)8-6-4-5-7(9(8)13)10(14)15/h4-6H,13H2,1-3H3,(H,14,15). The van der Waals surface area contributed by atoms with Crippen molar-refractivity contribution in [3.05, 3.63) is 29.3 Å². The summed E-state index contributed by atoms with van der Waals surface area (Å²) in [4.78, 5) is 22.6. The van der Waals surface area contributed by atoms with Gasteiger partial charge >= 0.3 is 11.9 Å². The van der Waals surface area contributed by atoms with Gasteiger partial charge in [-0.25, -0.2) is 9.59 Å². The highest BCUT2D eigenvalue weighted by Crippen LogP contribution is 2.20. The third-order valence-corrected chi connectivity index (χ3v) is 1.96. The fraction of sp³-hybridized carbons (Fsp3) is 0.333. The van der Waals surface area contributed by atoms with Crippen molar-refractivity contribution in [1.82, 2.24) is 0 Å². The van der Waals surface area contributed by atoms with Crippen molar-refractivity contribution in [2.45, 2.75) is 26.4 Å². The van der Waals surface area contributed by atoms with Gasteiger partial charge in [0.05, 0.1) is 16.8 Å². The summed E-state index contributed by atoms with van der Waals surface area (Å²) in [6.07, 6.45) is 0. The lowest BCUT2D eigenvalue weighted by Gasteiger charge is -2.20. The van der Waals surface area contributed by atoms with Crippen LogP contribution in [0.2, 0.25) is 0 Å². The van der Waals surface area contributed by atoms with Crippen LogP contribution in [0.3, 0.4) is 0 Å². The van der Waals surface area contributed by atoms with Crippen molar-refractivity contribution in [1.29, 1.82) is 0 Å². The van der Waals surface area contributed by atoms with E-state index >= 15 is 0 Å². The minimum absolute atomic E-state index is 0.0693. The second-order valence-electron chi connectivity index (χ2n) is 4.57. The molecule has 0 atom stereocenters. The van der Waals surface area contributed by atoms with Crippen molar-refractivity contribution in [2.75, 3.05) is 5.73 Å². The maximum absolute atomic E-state index is 11.8. The number of nitrogens with two attached hydrogens (primary N) is 1. The highest BCUT2D eigenvalue weighted by atomic mass is 16.6. The molecule has 0 saturated heterocycles. The van der Waals surface area contributed by atoms with Gasteiger partial charge in [-0.05, 0) is 32.9 Å². The predicted octanol–water partition coefficient (Wildman–Crippen LogP) is 1.92. The van der Waals surface area contributed by atoms with Gasteiger partial charge in [-0.3, -0.25) is 0 Å². The molecule has 92 valence electrons. The number of anilines is 1. The molecule has 3 N–H and O–H groups in total. The molecule has 0 amide bonds. The van der Waals surface area contributed by atoms with Gasteiger partial charge in [0.1, 0.15) is 5.60 Å². The maximum Gasteiger partial charge on any atom is 0.340 e. The minimum atomic E-state index is -1.17. The summed E-state index contributed by atoms with van der Waals surface area (Å²) in [5.74, 6) is -1.80. The second-order valence-corrected chi connectivity index (χ2v) is 4.57. The summed E-state index contributed by atoms with van der Waals surface area (Å²) < 4.78 is 5.13. The van der Waals surface area contributed by atoms with Crippen LogP contribution in [0.5, 0.6) is 0 Å². The van der Waals surface area contributed by atoms with Crippen LogP contribution in [0.1, 0.15) is 41.5 Å². The molecule has 0 unspecified atom stereocenters. The van der Waals surface area contributed by atoms with Crippen LogP contribution >= 0.6 is 0 Å². The predicted molar refractivity (Wildman–Crippen MR) is 63.0 cm³/mol. The average molecular weight is 237 g/mol. The Morgan fingerprint density at radius 1 is 1.24 bits per heavy atom. The summed E-state index contributed by atoms with van der Waals surface area (Å²) in [7, 11) is 0. The molecule has 1 aromatic carbocycles. The Labute approximate surface area is 99.2 Å². The normalized spacial score (nSPS) is 11.0. The lowest BCUT2D eigenvalue weighted by Crippen LogP contribution is -2.24. The monoisotopic (exact) mass is 237 g/mol. The van der Waals surface area contributed by atoms with Gasteiger partial charge in [-0.1, -0.05) is 6.07 Å². The number of carboxylic acid groups (broad SMARTS) is 1. The number of rotatable bonds is 2. The van der Waals surface area contributed by atoms with E-state index in [1.165, 1.54) is 18.2 Å². The van der Waals surface area contributed by atoms with Crippen molar-refractivity contribution in [2.24, 2.45) is 0 Å². The van der Waals surface area contributed by atoms with Crippen LogP contribution in [-0.4, -0.2) is 22.6 Å². The van der Waals surface area contributed by atoms with Gasteiger partial charge in [-0.15, -0.1) is 0 Å². The fourth-order valence-electron chi connectivity index (χ4n) is 1.26. The molecule has 0 aliphatic heterocycles. The number of carboxylic acids is 1. The zero-order valence-corrected chi connectivity index (χ0v) is 9.98. The molecule has 0 aliphatic rings. The third-order valence-electron chi connectivity index (χ3n) is 1.96. The molecule has 0 bridgehead atoms. The lowest BCUT2D eigenvalue weighted by molar-refractivity contribution is 0.00708. The Hall–Kier alpha value is -2.04. The van der Waals surface area contributed by atoms with Crippen molar-refractivity contribution >= 4 is 17.6 Å². The number of ether oxygens (including phenoxy) is 1. The van der Waals surface area contributed by atoms with Gasteiger partial charge in [0, 0.05) is 0 Å². The number of benzene rings is 1. The van der Waals surface area contributed by atoms with E-state index in [4.69, 9.17) is 15.6 Å². The zero-order chi connectivity index (χ0) is 13.2. The van der Waals surface area contributed by atoms with E-state index in [0.29, 0.717) is 0 Å². The summed E-state index contributed by atoms with van der Waals surface area (Å²) in [6.45, 7) is 5.17. The Kier molecular flexibility index (Phi) is 3.41. The van der Waals surface area contributed by atoms with E-state index in [1.807, 2.05) is 0 Å². The Bertz CT molecular complexity index is 460. The first kappa shape index (κ1) is 13.0. The van der Waals surface area contributed by atoms with Gasteiger partial charge < -0.3 is 15.6 Å². The highest BCUT2D eigenvalue weighted by molar-refractivity contribution is 6.03. The molecule has 0 aliphatic carbocycles. The summed E-state index contributed by atoms with van der Waals surface area (Å²) in [5, 5.41) is 8.87. The molecule has 0 spiro atoms. The van der Waals surface area contributed by atoms with Crippen molar-refractivity contribution in [3.63, 3.8) is 0 Å². The number of hydrogen-bond donors (Lipinski definition) is 2. The summed E-state index contributed by atoms with van der Waals surface area (Å²) in [5.41, 5.74) is 4.86. The smallest absolute Gasteiger partial charge is 0.340 e. The van der Waals surface area contributed by atoms with Gasteiger partial charge in [-0.2, -0.15) is 0 Å². The molecule has 17 heavy (non-hydrogen) atoms. The molecule has 5 heteroatoms. The Balaban J connectivity index is 3.11. The van der Waals surface area contributed by atoms with E-state index in [9.17, 15) is 9.59 Å². The molecular weight excluding hydrogens is 222 g/mol. The number of para-hydroxylation sites is 1. The van der Waals surface area contributed by atoms with E-state index in [2.05, 4.69) is 0 Å². The first-order valence-electron chi connectivity index (χ1n) is 5.07. The number of carbonyl (C=O) groups is 2. The van der Waals surface area contributed by atoms with Crippen LogP contribution in [0.25, 0.3) is 0 Å². The topological polar surface area (TPSA) is 89.6 Å². The Morgan fingerprint density at radius 2 is 1.76 bits per heavy atom. The summed E-state index contributed by atoms with van der Waals surface area (Å²) in [6, 6.07) is 4.24. The van der Waals surface area contributed by atoms with Crippen LogP contribution in [0.15, 0.2) is 18.2 Å². The number of hydrogen-bond acceptors (Lipinski definition) is 4. The van der Waals surface area contributed by atoms with E-state index in [0.717, 1.165) is 0 Å². The molecule has 0 fully saturated rings. The van der Waals surface area contributed by atoms with Crippen LogP contribution in [0, 0.1) is 0 Å².